The third kappa shape index (κ3) is 3.74. The minimum atomic E-state index is -0.474. The molecule has 1 aliphatic rings. The number of nitrogens with zero attached hydrogens (tertiary/aromatic N) is 2. The molecule has 2 N–H and O–H groups in total. The van der Waals surface area contributed by atoms with E-state index in [0.29, 0.717) is 18.8 Å². The van der Waals surface area contributed by atoms with Crippen molar-refractivity contribution in [3.8, 4) is 0 Å². The fourth-order valence-electron chi connectivity index (χ4n) is 3.27. The second-order valence-electron chi connectivity index (χ2n) is 7.38. The standard InChI is InChI=1S/C18H30N4O2/c1-7-13-10-22(16(20-6)15(13)12(2)19)14-8-9-21(11-14)17(23)24-18(3,4)5/h10,14,19-20H,7-9,11H2,1-6H3. The molecule has 2 rings (SSSR count). The van der Waals surface area contributed by atoms with Gasteiger partial charge in [0.25, 0.3) is 0 Å². The molecule has 1 fully saturated rings. The Morgan fingerprint density at radius 2 is 2.12 bits per heavy atom. The third-order valence-corrected chi connectivity index (χ3v) is 4.31. The number of anilines is 1. The van der Waals surface area contributed by atoms with E-state index in [1.807, 2.05) is 34.7 Å². The Labute approximate surface area is 144 Å². The molecular formula is C18H30N4O2. The van der Waals surface area contributed by atoms with Crippen LogP contribution in [0.5, 0.6) is 0 Å². The molecule has 6 nitrogen and oxygen atoms in total. The molecule has 0 saturated carbocycles. The summed E-state index contributed by atoms with van der Waals surface area (Å²) in [5.74, 6) is 0.968. The summed E-state index contributed by atoms with van der Waals surface area (Å²) in [6.07, 6.45) is 3.66. The second-order valence-corrected chi connectivity index (χ2v) is 7.38. The quantitative estimate of drug-likeness (QED) is 0.826. The summed E-state index contributed by atoms with van der Waals surface area (Å²) in [6, 6.07) is 0.207. The first-order chi connectivity index (χ1) is 11.2. The highest BCUT2D eigenvalue weighted by atomic mass is 16.6. The lowest BCUT2D eigenvalue weighted by Crippen LogP contribution is -2.35. The summed E-state index contributed by atoms with van der Waals surface area (Å²) < 4.78 is 7.67. The van der Waals surface area contributed by atoms with Gasteiger partial charge in [-0.15, -0.1) is 0 Å². The normalized spacial score (nSPS) is 17.9. The first-order valence-electron chi connectivity index (χ1n) is 8.62. The van der Waals surface area contributed by atoms with Crippen LogP contribution in [0.2, 0.25) is 0 Å². The molecule has 1 aliphatic heterocycles. The first kappa shape index (κ1) is 18.4. The van der Waals surface area contributed by atoms with E-state index in [4.69, 9.17) is 10.1 Å². The van der Waals surface area contributed by atoms with Gasteiger partial charge in [0.1, 0.15) is 11.4 Å². The van der Waals surface area contributed by atoms with Crippen molar-refractivity contribution in [2.75, 3.05) is 25.5 Å². The maximum absolute atomic E-state index is 12.3. The first-order valence-corrected chi connectivity index (χ1v) is 8.62. The Morgan fingerprint density at radius 3 is 2.62 bits per heavy atom. The summed E-state index contributed by atoms with van der Waals surface area (Å²) in [4.78, 5) is 14.0. The van der Waals surface area contributed by atoms with E-state index in [9.17, 15) is 4.79 Å². The number of rotatable bonds is 4. The zero-order chi connectivity index (χ0) is 18.1. The van der Waals surface area contributed by atoms with Crippen LogP contribution in [0, 0.1) is 5.41 Å². The SMILES string of the molecule is CCc1cn(C2CCN(C(=O)OC(C)(C)C)C2)c(NC)c1C(C)=N. The van der Waals surface area contributed by atoms with Gasteiger partial charge in [-0.25, -0.2) is 4.79 Å². The van der Waals surface area contributed by atoms with Crippen LogP contribution in [0.15, 0.2) is 6.20 Å². The van der Waals surface area contributed by atoms with Gasteiger partial charge in [-0.05, 0) is 46.1 Å². The van der Waals surface area contributed by atoms with Gasteiger partial charge in [-0.1, -0.05) is 6.92 Å². The number of carbonyl (C=O) groups excluding carboxylic acids is 1. The van der Waals surface area contributed by atoms with Crippen LogP contribution in [-0.4, -0.2) is 47.0 Å². The van der Waals surface area contributed by atoms with Gasteiger partial charge < -0.3 is 24.9 Å². The van der Waals surface area contributed by atoms with Crippen LogP contribution in [-0.2, 0) is 11.2 Å². The lowest BCUT2D eigenvalue weighted by molar-refractivity contribution is 0.0289. The van der Waals surface area contributed by atoms with E-state index in [1.54, 1.807) is 4.90 Å². The number of carbonyl (C=O) groups is 1. The zero-order valence-corrected chi connectivity index (χ0v) is 15.7. The molecule has 0 radical (unpaired) electrons. The fraction of sp³-hybridized carbons (Fsp3) is 0.667. The Balaban J connectivity index is 2.22. The Morgan fingerprint density at radius 1 is 1.46 bits per heavy atom. The van der Waals surface area contributed by atoms with Gasteiger partial charge in [0, 0.05) is 37.6 Å². The van der Waals surface area contributed by atoms with Gasteiger partial charge >= 0.3 is 6.09 Å². The smallest absolute Gasteiger partial charge is 0.410 e. The number of hydrogen-bond acceptors (Lipinski definition) is 4. The second kappa shape index (κ2) is 6.87. The van der Waals surface area contributed by atoms with Crippen LogP contribution < -0.4 is 5.32 Å². The number of aryl methyl sites for hydroxylation is 1. The molecule has 1 atom stereocenters. The molecule has 0 spiro atoms. The van der Waals surface area contributed by atoms with Gasteiger partial charge in [0.05, 0.1) is 6.04 Å². The van der Waals surface area contributed by atoms with Crippen LogP contribution in [0.1, 0.15) is 58.2 Å². The minimum absolute atomic E-state index is 0.207. The molecule has 0 bridgehead atoms. The van der Waals surface area contributed by atoms with Crippen molar-refractivity contribution < 1.29 is 9.53 Å². The van der Waals surface area contributed by atoms with Crippen molar-refractivity contribution in [2.24, 2.45) is 0 Å². The average Bonchev–Trinajstić information content (AvgIpc) is 3.09. The molecule has 1 saturated heterocycles. The van der Waals surface area contributed by atoms with Gasteiger partial charge in [0.2, 0.25) is 0 Å². The van der Waals surface area contributed by atoms with E-state index >= 15 is 0 Å². The highest BCUT2D eigenvalue weighted by molar-refractivity contribution is 6.02. The summed E-state index contributed by atoms with van der Waals surface area (Å²) in [5, 5.41) is 11.3. The summed E-state index contributed by atoms with van der Waals surface area (Å²) in [7, 11) is 1.89. The monoisotopic (exact) mass is 334 g/mol. The molecule has 6 heteroatoms. The minimum Gasteiger partial charge on any atom is -0.444 e. The largest absolute Gasteiger partial charge is 0.444 e. The molecule has 24 heavy (non-hydrogen) atoms. The maximum Gasteiger partial charge on any atom is 0.410 e. The van der Waals surface area contributed by atoms with Crippen molar-refractivity contribution in [3.63, 3.8) is 0 Å². The van der Waals surface area contributed by atoms with E-state index in [1.165, 1.54) is 5.56 Å². The number of aromatic nitrogens is 1. The van der Waals surface area contributed by atoms with Crippen molar-refractivity contribution in [2.45, 2.75) is 59.1 Å². The summed E-state index contributed by atoms with van der Waals surface area (Å²) in [5.41, 5.74) is 2.24. The van der Waals surface area contributed by atoms with E-state index in [2.05, 4.69) is 23.0 Å². The molecular weight excluding hydrogens is 304 g/mol. The van der Waals surface area contributed by atoms with Crippen LogP contribution >= 0.6 is 0 Å². The Bertz CT molecular complexity index is 628. The highest BCUT2D eigenvalue weighted by Gasteiger charge is 2.32. The van der Waals surface area contributed by atoms with Crippen molar-refractivity contribution >= 4 is 17.6 Å². The van der Waals surface area contributed by atoms with Crippen molar-refractivity contribution in [1.29, 1.82) is 5.41 Å². The topological polar surface area (TPSA) is 70.3 Å². The van der Waals surface area contributed by atoms with Crippen LogP contribution in [0.25, 0.3) is 0 Å². The Hall–Kier alpha value is -1.98. The van der Waals surface area contributed by atoms with Gasteiger partial charge in [-0.2, -0.15) is 0 Å². The van der Waals surface area contributed by atoms with Crippen LogP contribution in [0.4, 0.5) is 10.6 Å². The Kier molecular flexibility index (Phi) is 5.26. The highest BCUT2D eigenvalue weighted by Crippen LogP contribution is 2.32. The summed E-state index contributed by atoms with van der Waals surface area (Å²) in [6.45, 7) is 10.9. The lowest BCUT2D eigenvalue weighted by Gasteiger charge is -2.24. The molecule has 1 unspecified atom stereocenters. The number of nitrogens with one attached hydrogen (secondary N) is 2. The van der Waals surface area contributed by atoms with E-state index in [-0.39, 0.29) is 12.1 Å². The van der Waals surface area contributed by atoms with E-state index in [0.717, 1.165) is 24.2 Å². The molecule has 0 aliphatic carbocycles. The lowest BCUT2D eigenvalue weighted by atomic mass is 10.1. The molecule has 134 valence electrons. The molecule has 1 amide bonds. The summed E-state index contributed by atoms with van der Waals surface area (Å²) >= 11 is 0. The predicted octanol–water partition coefficient (Wildman–Crippen LogP) is 3.66. The average molecular weight is 334 g/mol. The van der Waals surface area contributed by atoms with E-state index < -0.39 is 5.60 Å². The number of likely N-dealkylation sites (tertiary alicyclic amines) is 1. The predicted molar refractivity (Wildman–Crippen MR) is 97.3 cm³/mol. The number of amides is 1. The maximum atomic E-state index is 12.3. The molecule has 1 aromatic rings. The van der Waals surface area contributed by atoms with Crippen LogP contribution in [0.3, 0.4) is 0 Å². The molecule has 2 heterocycles. The third-order valence-electron chi connectivity index (χ3n) is 4.31. The fourth-order valence-corrected chi connectivity index (χ4v) is 3.27. The van der Waals surface area contributed by atoms with Gasteiger partial charge in [0.15, 0.2) is 0 Å². The van der Waals surface area contributed by atoms with Crippen molar-refractivity contribution in [3.05, 3.63) is 17.3 Å². The molecule has 1 aromatic heterocycles. The number of hydrogen-bond donors (Lipinski definition) is 2. The number of ether oxygens (including phenoxy) is 1. The zero-order valence-electron chi connectivity index (χ0n) is 15.7. The van der Waals surface area contributed by atoms with Gasteiger partial charge in [-0.3, -0.25) is 0 Å². The molecule has 0 aromatic carbocycles. The van der Waals surface area contributed by atoms with Crippen molar-refractivity contribution in [1.82, 2.24) is 9.47 Å².